The fourth-order valence-electron chi connectivity index (χ4n) is 5.09. The summed E-state index contributed by atoms with van der Waals surface area (Å²) in [7, 11) is 0. The van der Waals surface area contributed by atoms with Crippen molar-refractivity contribution >= 4 is 5.91 Å². The maximum atomic E-state index is 11.8. The molecule has 2 aromatic rings. The molecule has 0 N–H and O–H groups in total. The molecular weight excluding hydrogens is 384 g/mol. The van der Waals surface area contributed by atoms with Crippen LogP contribution in [0.25, 0.3) is 0 Å². The van der Waals surface area contributed by atoms with E-state index in [9.17, 15) is 4.79 Å². The lowest BCUT2D eigenvalue weighted by Crippen LogP contribution is -2.34. The number of fused-ring (bicyclic) bond motifs is 1. The molecule has 2 aromatic carbocycles. The number of carbonyl (C=O) groups is 1. The van der Waals surface area contributed by atoms with E-state index < -0.39 is 0 Å². The number of rotatable bonds is 6. The van der Waals surface area contributed by atoms with Gasteiger partial charge in [-0.3, -0.25) is 4.79 Å². The first kappa shape index (κ1) is 21.9. The van der Waals surface area contributed by atoms with Crippen molar-refractivity contribution in [2.45, 2.75) is 58.4 Å². The molecule has 2 aliphatic rings. The summed E-state index contributed by atoms with van der Waals surface area (Å²) in [5.41, 5.74) is 5.56. The zero-order chi connectivity index (χ0) is 21.6. The number of amides is 1. The van der Waals surface area contributed by atoms with Crippen LogP contribution in [0, 0.1) is 6.92 Å². The Hall–Kier alpha value is -2.33. The quantitative estimate of drug-likeness (QED) is 0.621. The third-order valence-electron chi connectivity index (χ3n) is 6.96. The summed E-state index contributed by atoms with van der Waals surface area (Å²) in [6.07, 6.45) is 5.63. The SMILES string of the molecule is CC(=O)N1CCCc2ccc(OCCCN3CCC(c4ccccc4C)CC3)cc2C1. The molecule has 2 heterocycles. The number of benzene rings is 2. The Morgan fingerprint density at radius 1 is 1.06 bits per heavy atom. The summed E-state index contributed by atoms with van der Waals surface area (Å²) >= 11 is 0. The number of piperidine rings is 1. The Morgan fingerprint density at radius 3 is 2.65 bits per heavy atom. The molecule has 166 valence electrons. The monoisotopic (exact) mass is 420 g/mol. The van der Waals surface area contributed by atoms with Crippen molar-refractivity contribution in [3.05, 3.63) is 64.7 Å². The van der Waals surface area contributed by atoms with Crippen LogP contribution in [-0.4, -0.2) is 48.5 Å². The Morgan fingerprint density at radius 2 is 1.87 bits per heavy atom. The molecule has 1 amide bonds. The fraction of sp³-hybridized carbons (Fsp3) is 0.519. The highest BCUT2D eigenvalue weighted by molar-refractivity contribution is 5.73. The van der Waals surface area contributed by atoms with Crippen molar-refractivity contribution in [2.75, 3.05) is 32.8 Å². The minimum atomic E-state index is 0.158. The summed E-state index contributed by atoms with van der Waals surface area (Å²) in [4.78, 5) is 16.3. The van der Waals surface area contributed by atoms with Crippen LogP contribution in [0.15, 0.2) is 42.5 Å². The molecule has 0 bridgehead atoms. The molecule has 4 rings (SSSR count). The minimum Gasteiger partial charge on any atom is -0.494 e. The number of hydrogen-bond donors (Lipinski definition) is 0. The molecule has 0 aromatic heterocycles. The molecule has 0 saturated carbocycles. The van der Waals surface area contributed by atoms with Crippen LogP contribution in [0.3, 0.4) is 0 Å². The van der Waals surface area contributed by atoms with E-state index in [1.165, 1.54) is 48.2 Å². The fourth-order valence-corrected chi connectivity index (χ4v) is 5.09. The molecule has 0 spiro atoms. The van der Waals surface area contributed by atoms with Crippen molar-refractivity contribution in [1.29, 1.82) is 0 Å². The highest BCUT2D eigenvalue weighted by Crippen LogP contribution is 2.30. The van der Waals surface area contributed by atoms with Gasteiger partial charge in [0.15, 0.2) is 0 Å². The second kappa shape index (κ2) is 10.3. The van der Waals surface area contributed by atoms with Gasteiger partial charge >= 0.3 is 0 Å². The first-order chi connectivity index (χ1) is 15.1. The van der Waals surface area contributed by atoms with Crippen LogP contribution in [0.5, 0.6) is 5.75 Å². The second-order valence-electron chi connectivity index (χ2n) is 9.15. The molecule has 31 heavy (non-hydrogen) atoms. The van der Waals surface area contributed by atoms with Crippen LogP contribution in [0.2, 0.25) is 0 Å². The summed E-state index contributed by atoms with van der Waals surface area (Å²) in [6.45, 7) is 9.65. The minimum absolute atomic E-state index is 0.158. The molecule has 4 nitrogen and oxygen atoms in total. The summed E-state index contributed by atoms with van der Waals surface area (Å²) in [6, 6.07) is 15.3. The number of aryl methyl sites for hydroxylation is 2. The van der Waals surface area contributed by atoms with Crippen molar-refractivity contribution < 1.29 is 9.53 Å². The van der Waals surface area contributed by atoms with Gasteiger partial charge in [0, 0.05) is 26.6 Å². The van der Waals surface area contributed by atoms with Gasteiger partial charge in [-0.1, -0.05) is 30.3 Å². The molecule has 4 heteroatoms. The highest BCUT2D eigenvalue weighted by atomic mass is 16.5. The van der Waals surface area contributed by atoms with Gasteiger partial charge in [-0.05, 0) is 92.4 Å². The van der Waals surface area contributed by atoms with Crippen molar-refractivity contribution in [1.82, 2.24) is 9.80 Å². The Bertz CT molecular complexity index is 887. The van der Waals surface area contributed by atoms with Gasteiger partial charge in [-0.25, -0.2) is 0 Å². The summed E-state index contributed by atoms with van der Waals surface area (Å²) < 4.78 is 6.08. The number of carbonyl (C=O) groups excluding carboxylic acids is 1. The highest BCUT2D eigenvalue weighted by Gasteiger charge is 2.21. The molecule has 0 unspecified atom stereocenters. The third kappa shape index (κ3) is 5.68. The molecule has 0 atom stereocenters. The molecule has 0 radical (unpaired) electrons. The van der Waals surface area contributed by atoms with Gasteiger partial charge < -0.3 is 14.5 Å². The van der Waals surface area contributed by atoms with Crippen LogP contribution in [0.1, 0.15) is 60.8 Å². The van der Waals surface area contributed by atoms with Gasteiger partial charge in [0.2, 0.25) is 5.91 Å². The second-order valence-corrected chi connectivity index (χ2v) is 9.15. The first-order valence-corrected chi connectivity index (χ1v) is 11.9. The van der Waals surface area contributed by atoms with Crippen LogP contribution in [-0.2, 0) is 17.8 Å². The van der Waals surface area contributed by atoms with Crippen molar-refractivity contribution in [3.63, 3.8) is 0 Å². The van der Waals surface area contributed by atoms with Crippen molar-refractivity contribution in [2.24, 2.45) is 0 Å². The number of nitrogens with zero attached hydrogens (tertiary/aromatic N) is 2. The predicted molar refractivity (Wildman–Crippen MR) is 126 cm³/mol. The van der Waals surface area contributed by atoms with Crippen molar-refractivity contribution in [3.8, 4) is 5.75 Å². The maximum absolute atomic E-state index is 11.8. The topological polar surface area (TPSA) is 32.8 Å². The molecular formula is C27H36N2O2. The van der Waals surface area contributed by atoms with Gasteiger partial charge in [0.05, 0.1) is 6.61 Å². The van der Waals surface area contributed by atoms with Gasteiger partial charge in [-0.2, -0.15) is 0 Å². The number of ether oxygens (including phenoxy) is 1. The van der Waals surface area contributed by atoms with E-state index in [1.807, 2.05) is 4.90 Å². The lowest BCUT2D eigenvalue weighted by molar-refractivity contribution is -0.129. The van der Waals surface area contributed by atoms with E-state index in [0.717, 1.165) is 44.7 Å². The Labute approximate surface area is 187 Å². The van der Waals surface area contributed by atoms with E-state index in [0.29, 0.717) is 12.5 Å². The third-order valence-corrected chi connectivity index (χ3v) is 6.96. The Kier molecular flexibility index (Phi) is 7.29. The first-order valence-electron chi connectivity index (χ1n) is 11.9. The zero-order valence-corrected chi connectivity index (χ0v) is 19.1. The largest absolute Gasteiger partial charge is 0.494 e. The van der Waals surface area contributed by atoms with E-state index in [4.69, 9.17) is 4.74 Å². The number of hydrogen-bond acceptors (Lipinski definition) is 3. The average molecular weight is 421 g/mol. The van der Waals surface area contributed by atoms with Gasteiger partial charge in [-0.15, -0.1) is 0 Å². The van der Waals surface area contributed by atoms with Crippen LogP contribution < -0.4 is 4.74 Å². The molecule has 1 fully saturated rings. The smallest absolute Gasteiger partial charge is 0.219 e. The normalized spacial score (nSPS) is 17.8. The van der Waals surface area contributed by atoms with E-state index in [2.05, 4.69) is 54.3 Å². The lowest BCUT2D eigenvalue weighted by Gasteiger charge is -2.32. The molecule has 2 aliphatic heterocycles. The zero-order valence-electron chi connectivity index (χ0n) is 19.1. The molecule has 0 aliphatic carbocycles. The van der Waals surface area contributed by atoms with Gasteiger partial charge in [0.25, 0.3) is 0 Å². The molecule has 1 saturated heterocycles. The Balaban J connectivity index is 1.21. The van der Waals surface area contributed by atoms with E-state index in [-0.39, 0.29) is 5.91 Å². The predicted octanol–water partition coefficient (Wildman–Crippen LogP) is 4.94. The standard InChI is InChI=1S/C27H36N2O2/c1-21-7-3-4-9-27(21)24-12-16-28(17-13-24)14-6-18-31-26-11-10-23-8-5-15-29(22(2)30)20-25(23)19-26/h3-4,7,9-11,19,24H,5-6,8,12-18,20H2,1-2H3. The average Bonchev–Trinajstić information content (AvgIpc) is 3.00. The summed E-state index contributed by atoms with van der Waals surface area (Å²) in [5.74, 6) is 1.80. The van der Waals surface area contributed by atoms with Crippen LogP contribution in [0.4, 0.5) is 0 Å². The van der Waals surface area contributed by atoms with E-state index in [1.54, 1.807) is 6.92 Å². The lowest BCUT2D eigenvalue weighted by atomic mass is 9.87. The van der Waals surface area contributed by atoms with Crippen LogP contribution >= 0.6 is 0 Å². The number of likely N-dealkylation sites (tertiary alicyclic amines) is 1. The summed E-state index contributed by atoms with van der Waals surface area (Å²) in [5, 5.41) is 0. The van der Waals surface area contributed by atoms with Gasteiger partial charge in [0.1, 0.15) is 5.75 Å². The maximum Gasteiger partial charge on any atom is 0.219 e. The van der Waals surface area contributed by atoms with E-state index >= 15 is 0 Å².